The van der Waals surface area contributed by atoms with Crippen LogP contribution < -0.4 is 5.32 Å². The van der Waals surface area contributed by atoms with Gasteiger partial charge in [-0.2, -0.15) is 0 Å². The molecular weight excluding hydrogens is 166 g/mol. The smallest absolute Gasteiger partial charge is 0.204 e. The molecule has 1 heterocycles. The maximum atomic E-state index is 4.85. The minimum absolute atomic E-state index is 0.411. The maximum absolute atomic E-state index is 4.85. The Hall–Kier alpha value is -0.420. The fourth-order valence-electron chi connectivity index (χ4n) is 0.539. The van der Waals surface area contributed by atoms with Crippen molar-refractivity contribution in [1.82, 2.24) is 10.2 Å². The van der Waals surface area contributed by atoms with Gasteiger partial charge in [0.15, 0.2) is 3.95 Å². The second-order valence-electron chi connectivity index (χ2n) is 2.22. The van der Waals surface area contributed by atoms with Gasteiger partial charge in [0.05, 0.1) is 0 Å². The molecule has 1 aromatic rings. The number of aromatic nitrogens is 2. The number of H-pyrrole nitrogens is 1. The van der Waals surface area contributed by atoms with Crippen LogP contribution in [0.3, 0.4) is 0 Å². The molecule has 5 heteroatoms. The van der Waals surface area contributed by atoms with Crippen molar-refractivity contribution in [1.29, 1.82) is 0 Å². The molecule has 10 heavy (non-hydrogen) atoms. The van der Waals surface area contributed by atoms with Crippen LogP contribution in [0.15, 0.2) is 0 Å². The number of hydrogen-bond donors (Lipinski definition) is 2. The topological polar surface area (TPSA) is 40.7 Å². The van der Waals surface area contributed by atoms with Crippen LogP contribution in [0.5, 0.6) is 0 Å². The van der Waals surface area contributed by atoms with Crippen LogP contribution in [0.1, 0.15) is 13.8 Å². The Balaban J connectivity index is 2.67. The molecular formula is C5H9N3S2. The summed E-state index contributed by atoms with van der Waals surface area (Å²) in [6, 6.07) is 0.411. The normalized spacial score (nSPS) is 10.3. The molecule has 56 valence electrons. The first-order valence-corrected chi connectivity index (χ1v) is 4.23. The molecule has 2 N–H and O–H groups in total. The van der Waals surface area contributed by atoms with E-state index in [2.05, 4.69) is 29.4 Å². The van der Waals surface area contributed by atoms with Gasteiger partial charge in [0, 0.05) is 6.04 Å². The summed E-state index contributed by atoms with van der Waals surface area (Å²) in [6.45, 7) is 4.12. The largest absolute Gasteiger partial charge is 0.358 e. The predicted molar refractivity (Wildman–Crippen MR) is 46.1 cm³/mol. The Kier molecular flexibility index (Phi) is 2.39. The molecule has 0 aromatic carbocycles. The number of nitrogens with zero attached hydrogens (tertiary/aromatic N) is 1. The summed E-state index contributed by atoms with van der Waals surface area (Å²) in [5, 5.41) is 10.6. The highest BCUT2D eigenvalue weighted by molar-refractivity contribution is 7.73. The van der Waals surface area contributed by atoms with Crippen LogP contribution in [-0.4, -0.2) is 16.2 Å². The third-order valence-corrected chi connectivity index (χ3v) is 1.87. The maximum Gasteiger partial charge on any atom is 0.204 e. The van der Waals surface area contributed by atoms with E-state index in [1.165, 1.54) is 11.3 Å². The van der Waals surface area contributed by atoms with Crippen molar-refractivity contribution in [2.45, 2.75) is 19.9 Å². The van der Waals surface area contributed by atoms with Crippen molar-refractivity contribution in [3.05, 3.63) is 3.95 Å². The quantitative estimate of drug-likeness (QED) is 0.676. The van der Waals surface area contributed by atoms with E-state index < -0.39 is 0 Å². The first kappa shape index (κ1) is 7.68. The summed E-state index contributed by atoms with van der Waals surface area (Å²) in [5.74, 6) is 0. The molecule has 0 radical (unpaired) electrons. The molecule has 0 saturated heterocycles. The van der Waals surface area contributed by atoms with E-state index >= 15 is 0 Å². The average molecular weight is 175 g/mol. The zero-order valence-electron chi connectivity index (χ0n) is 5.84. The van der Waals surface area contributed by atoms with Gasteiger partial charge >= 0.3 is 0 Å². The summed E-state index contributed by atoms with van der Waals surface area (Å²) in [7, 11) is 0. The van der Waals surface area contributed by atoms with E-state index in [0.717, 1.165) is 5.13 Å². The molecule has 1 aromatic heterocycles. The van der Waals surface area contributed by atoms with Crippen LogP contribution >= 0.6 is 23.6 Å². The van der Waals surface area contributed by atoms with E-state index in [4.69, 9.17) is 12.2 Å². The highest BCUT2D eigenvalue weighted by Gasteiger charge is 1.96. The lowest BCUT2D eigenvalue weighted by atomic mass is 10.4. The average Bonchev–Trinajstić information content (AvgIpc) is 2.13. The van der Waals surface area contributed by atoms with Crippen LogP contribution in [-0.2, 0) is 0 Å². The highest BCUT2D eigenvalue weighted by atomic mass is 32.1. The van der Waals surface area contributed by atoms with Crippen molar-refractivity contribution in [2.24, 2.45) is 0 Å². The molecule has 0 atom stereocenters. The van der Waals surface area contributed by atoms with Crippen molar-refractivity contribution in [3.63, 3.8) is 0 Å². The van der Waals surface area contributed by atoms with E-state index in [1.54, 1.807) is 0 Å². The van der Waals surface area contributed by atoms with Crippen molar-refractivity contribution < 1.29 is 0 Å². The minimum atomic E-state index is 0.411. The fourth-order valence-corrected chi connectivity index (χ4v) is 1.47. The van der Waals surface area contributed by atoms with E-state index in [0.29, 0.717) is 10.00 Å². The summed E-state index contributed by atoms with van der Waals surface area (Å²) in [5.41, 5.74) is 0. The SMILES string of the molecule is CC(C)Nc1n[nH]c(=S)s1. The third kappa shape index (κ3) is 2.07. The summed E-state index contributed by atoms with van der Waals surface area (Å²) >= 11 is 6.30. The Morgan fingerprint density at radius 1 is 1.70 bits per heavy atom. The van der Waals surface area contributed by atoms with Crippen LogP contribution in [0.2, 0.25) is 0 Å². The van der Waals surface area contributed by atoms with Crippen LogP contribution in [0.25, 0.3) is 0 Å². The molecule has 3 nitrogen and oxygen atoms in total. The molecule has 0 aliphatic rings. The molecule has 0 fully saturated rings. The Labute approximate surface area is 68.5 Å². The standard InChI is InChI=1S/C5H9N3S2/c1-3(2)6-4-7-8-5(9)10-4/h3H,1-2H3,(H,6,7)(H,8,9). The van der Waals surface area contributed by atoms with Crippen molar-refractivity contribution >= 4 is 28.7 Å². The first-order valence-electron chi connectivity index (χ1n) is 3.00. The summed E-state index contributed by atoms with van der Waals surface area (Å²) in [4.78, 5) is 0. The second kappa shape index (κ2) is 3.12. The molecule has 0 saturated carbocycles. The Morgan fingerprint density at radius 3 is 2.80 bits per heavy atom. The zero-order valence-corrected chi connectivity index (χ0v) is 7.47. The van der Waals surface area contributed by atoms with Gasteiger partial charge in [-0.3, -0.25) is 5.10 Å². The number of aromatic amines is 1. The lowest BCUT2D eigenvalue weighted by Crippen LogP contribution is -2.08. The van der Waals surface area contributed by atoms with Gasteiger partial charge in [0.25, 0.3) is 0 Å². The highest BCUT2D eigenvalue weighted by Crippen LogP contribution is 2.11. The molecule has 1 rings (SSSR count). The number of anilines is 1. The lowest BCUT2D eigenvalue weighted by Gasteiger charge is -2.02. The fraction of sp³-hybridized carbons (Fsp3) is 0.600. The van der Waals surface area contributed by atoms with Gasteiger partial charge < -0.3 is 5.32 Å². The first-order chi connectivity index (χ1) is 4.68. The number of rotatable bonds is 2. The zero-order chi connectivity index (χ0) is 7.56. The second-order valence-corrected chi connectivity index (χ2v) is 3.88. The summed E-state index contributed by atoms with van der Waals surface area (Å²) < 4.78 is 0.711. The van der Waals surface area contributed by atoms with Gasteiger partial charge in [-0.25, -0.2) is 0 Å². The summed E-state index contributed by atoms with van der Waals surface area (Å²) in [6.07, 6.45) is 0. The van der Waals surface area contributed by atoms with E-state index in [-0.39, 0.29) is 0 Å². The molecule has 0 unspecified atom stereocenters. The predicted octanol–water partition coefficient (Wildman–Crippen LogP) is 2.02. The van der Waals surface area contributed by atoms with Gasteiger partial charge in [-0.1, -0.05) is 11.3 Å². The van der Waals surface area contributed by atoms with Crippen molar-refractivity contribution in [2.75, 3.05) is 5.32 Å². The van der Waals surface area contributed by atoms with Gasteiger partial charge in [-0.15, -0.1) is 5.10 Å². The van der Waals surface area contributed by atoms with Crippen molar-refractivity contribution in [3.8, 4) is 0 Å². The molecule has 0 bridgehead atoms. The van der Waals surface area contributed by atoms with Gasteiger partial charge in [-0.05, 0) is 26.1 Å². The Bertz CT molecular complexity index is 249. The Morgan fingerprint density at radius 2 is 2.40 bits per heavy atom. The van der Waals surface area contributed by atoms with E-state index in [9.17, 15) is 0 Å². The monoisotopic (exact) mass is 175 g/mol. The number of nitrogens with one attached hydrogen (secondary N) is 2. The third-order valence-electron chi connectivity index (χ3n) is 0.850. The lowest BCUT2D eigenvalue weighted by molar-refractivity contribution is 0.887. The van der Waals surface area contributed by atoms with E-state index in [1.807, 2.05) is 0 Å². The molecule has 0 aliphatic carbocycles. The van der Waals surface area contributed by atoms with Crippen LogP contribution in [0, 0.1) is 3.95 Å². The van der Waals surface area contributed by atoms with Crippen LogP contribution in [0.4, 0.5) is 5.13 Å². The molecule has 0 spiro atoms. The van der Waals surface area contributed by atoms with Gasteiger partial charge in [0.1, 0.15) is 0 Å². The molecule has 0 amide bonds. The number of hydrogen-bond acceptors (Lipinski definition) is 4. The van der Waals surface area contributed by atoms with Gasteiger partial charge in [0.2, 0.25) is 5.13 Å². The minimum Gasteiger partial charge on any atom is -0.358 e. The molecule has 0 aliphatic heterocycles.